The first-order valence-corrected chi connectivity index (χ1v) is 9.15. The van der Waals surface area contributed by atoms with Crippen molar-refractivity contribution in [3.8, 4) is 0 Å². The van der Waals surface area contributed by atoms with Crippen LogP contribution >= 0.6 is 15.9 Å². The molecular formula is C21H13BrN2O3. The summed E-state index contributed by atoms with van der Waals surface area (Å²) in [5.74, 6) is -1.53. The van der Waals surface area contributed by atoms with Gasteiger partial charge in [0.25, 0.3) is 5.78 Å². The van der Waals surface area contributed by atoms with Crippen LogP contribution in [0.3, 0.4) is 0 Å². The summed E-state index contributed by atoms with van der Waals surface area (Å²) in [6, 6.07) is 15.6. The topological polar surface area (TPSA) is 63.6 Å². The second-order valence-electron chi connectivity index (χ2n) is 6.35. The molecule has 0 aliphatic rings. The highest BCUT2D eigenvalue weighted by Gasteiger charge is 2.26. The van der Waals surface area contributed by atoms with E-state index in [1.807, 2.05) is 59.1 Å². The van der Waals surface area contributed by atoms with Crippen LogP contribution in [0, 0.1) is 0 Å². The van der Waals surface area contributed by atoms with E-state index in [4.69, 9.17) is 4.74 Å². The monoisotopic (exact) mass is 420 g/mol. The van der Waals surface area contributed by atoms with E-state index >= 15 is 0 Å². The zero-order valence-corrected chi connectivity index (χ0v) is 15.8. The quantitative estimate of drug-likeness (QED) is 0.252. The summed E-state index contributed by atoms with van der Waals surface area (Å²) in [5, 5.41) is 2.77. The summed E-state index contributed by atoms with van der Waals surface area (Å²) in [6.45, 7) is 0. The minimum atomic E-state index is -0.875. The molecule has 0 spiro atoms. The number of fused-ring (bicyclic) bond motifs is 7. The third-order valence-corrected chi connectivity index (χ3v) is 5.43. The van der Waals surface area contributed by atoms with Gasteiger partial charge in [0, 0.05) is 32.3 Å². The van der Waals surface area contributed by atoms with Crippen molar-refractivity contribution in [2.24, 2.45) is 0 Å². The Balaban J connectivity index is 2.05. The number of hydrogen-bond donors (Lipinski definition) is 1. The van der Waals surface area contributed by atoms with E-state index in [-0.39, 0.29) is 0 Å². The van der Waals surface area contributed by atoms with Crippen LogP contribution in [0.25, 0.3) is 38.2 Å². The number of esters is 1. The average molecular weight is 421 g/mol. The van der Waals surface area contributed by atoms with Crippen LogP contribution in [-0.2, 0) is 9.53 Å². The van der Waals surface area contributed by atoms with E-state index in [1.54, 1.807) is 0 Å². The Morgan fingerprint density at radius 3 is 2.67 bits per heavy atom. The van der Waals surface area contributed by atoms with E-state index in [0.29, 0.717) is 16.5 Å². The standard InChI is InChI=1S/C21H13BrN2O3/c1-27-21(26)20(25)17-14-7-6-11(22)10-16(14)24-9-8-13-12-4-2-3-5-15(12)23-18(13)19(17)24/h2-10,23H,1H3. The molecule has 0 radical (unpaired) electrons. The summed E-state index contributed by atoms with van der Waals surface area (Å²) < 4.78 is 7.54. The van der Waals surface area contributed by atoms with E-state index in [9.17, 15) is 9.59 Å². The van der Waals surface area contributed by atoms with Crippen LogP contribution < -0.4 is 0 Å². The van der Waals surface area contributed by atoms with Crippen molar-refractivity contribution < 1.29 is 14.3 Å². The summed E-state index contributed by atoms with van der Waals surface area (Å²) in [7, 11) is 1.22. The van der Waals surface area contributed by atoms with Gasteiger partial charge in [0.1, 0.15) is 0 Å². The van der Waals surface area contributed by atoms with Gasteiger partial charge in [-0.15, -0.1) is 0 Å². The summed E-state index contributed by atoms with van der Waals surface area (Å²) in [5.41, 5.74) is 3.66. The Kier molecular flexibility index (Phi) is 3.39. The second kappa shape index (κ2) is 5.69. The summed E-state index contributed by atoms with van der Waals surface area (Å²) >= 11 is 3.49. The van der Waals surface area contributed by atoms with Crippen LogP contribution in [0.2, 0.25) is 0 Å². The maximum absolute atomic E-state index is 12.9. The first-order chi connectivity index (χ1) is 13.1. The fourth-order valence-electron chi connectivity index (χ4n) is 3.78. The van der Waals surface area contributed by atoms with Gasteiger partial charge >= 0.3 is 5.97 Å². The lowest BCUT2D eigenvalue weighted by atomic mass is 10.1. The number of para-hydroxylation sites is 1. The van der Waals surface area contributed by atoms with Crippen LogP contribution in [0.15, 0.2) is 59.2 Å². The number of benzene rings is 2. The lowest BCUT2D eigenvalue weighted by Crippen LogP contribution is -2.15. The molecule has 5 rings (SSSR count). The van der Waals surface area contributed by atoms with Gasteiger partial charge in [-0.05, 0) is 24.3 Å². The van der Waals surface area contributed by atoms with Gasteiger partial charge in [-0.1, -0.05) is 40.2 Å². The van der Waals surface area contributed by atoms with Crippen molar-refractivity contribution in [1.29, 1.82) is 0 Å². The number of Topliss-reactive ketones (excluding diaryl/α,β-unsaturated/α-hetero) is 1. The molecule has 3 aromatic heterocycles. The number of pyridine rings is 1. The number of H-pyrrole nitrogens is 1. The molecule has 3 heterocycles. The molecule has 2 aromatic carbocycles. The highest BCUT2D eigenvalue weighted by Crippen LogP contribution is 2.36. The third kappa shape index (κ3) is 2.16. The fourth-order valence-corrected chi connectivity index (χ4v) is 4.13. The largest absolute Gasteiger partial charge is 0.463 e. The summed E-state index contributed by atoms with van der Waals surface area (Å²) in [6.07, 6.45) is 1.93. The van der Waals surface area contributed by atoms with Crippen molar-refractivity contribution in [3.63, 3.8) is 0 Å². The molecule has 0 bridgehead atoms. The van der Waals surface area contributed by atoms with Crippen molar-refractivity contribution >= 4 is 65.9 Å². The predicted octanol–water partition coefficient (Wildman–Crippen LogP) is 4.85. The zero-order chi connectivity index (χ0) is 18.7. The highest BCUT2D eigenvalue weighted by molar-refractivity contribution is 9.10. The molecule has 27 heavy (non-hydrogen) atoms. The number of rotatable bonds is 2. The number of carbonyl (C=O) groups is 2. The second-order valence-corrected chi connectivity index (χ2v) is 7.27. The Morgan fingerprint density at radius 2 is 1.85 bits per heavy atom. The molecule has 5 aromatic rings. The number of nitrogens with one attached hydrogen (secondary N) is 1. The molecule has 5 nitrogen and oxygen atoms in total. The molecule has 132 valence electrons. The zero-order valence-electron chi connectivity index (χ0n) is 14.2. The number of carbonyl (C=O) groups excluding carboxylic acids is 2. The van der Waals surface area contributed by atoms with E-state index in [0.717, 1.165) is 31.8 Å². The Labute approximate surface area is 161 Å². The molecule has 0 saturated heterocycles. The normalized spacial score (nSPS) is 11.6. The number of ketones is 1. The molecule has 0 amide bonds. The first kappa shape index (κ1) is 16.1. The first-order valence-electron chi connectivity index (χ1n) is 8.35. The van der Waals surface area contributed by atoms with E-state index < -0.39 is 11.8 Å². The maximum atomic E-state index is 12.9. The SMILES string of the molecule is COC(=O)C(=O)c1c2ccc(Br)cc2n2ccc3c4ccccc4[nH]c3c12. The van der Waals surface area contributed by atoms with E-state index in [1.165, 1.54) is 7.11 Å². The Morgan fingerprint density at radius 1 is 1.04 bits per heavy atom. The van der Waals surface area contributed by atoms with Crippen LogP contribution in [0.4, 0.5) is 0 Å². The molecule has 0 aliphatic carbocycles. The molecule has 0 atom stereocenters. The van der Waals surface area contributed by atoms with Crippen molar-refractivity contribution in [3.05, 3.63) is 64.8 Å². The van der Waals surface area contributed by atoms with Gasteiger partial charge in [0.2, 0.25) is 0 Å². The number of aromatic nitrogens is 2. The Hall–Kier alpha value is -3.12. The minimum Gasteiger partial charge on any atom is -0.463 e. The van der Waals surface area contributed by atoms with Crippen LogP contribution in [0.5, 0.6) is 0 Å². The van der Waals surface area contributed by atoms with Gasteiger partial charge in [0.15, 0.2) is 0 Å². The number of ether oxygens (including phenoxy) is 1. The molecule has 0 saturated carbocycles. The molecule has 1 N–H and O–H groups in total. The van der Waals surface area contributed by atoms with Gasteiger partial charge in [-0.2, -0.15) is 0 Å². The molecule has 6 heteroatoms. The molecule has 0 fully saturated rings. The number of aromatic amines is 1. The molecule has 0 unspecified atom stereocenters. The minimum absolute atomic E-state index is 0.349. The smallest absolute Gasteiger partial charge is 0.379 e. The number of methoxy groups -OCH3 is 1. The van der Waals surface area contributed by atoms with Gasteiger partial charge in [-0.25, -0.2) is 4.79 Å². The average Bonchev–Trinajstić information content (AvgIpc) is 3.22. The third-order valence-electron chi connectivity index (χ3n) is 4.94. The van der Waals surface area contributed by atoms with Crippen molar-refractivity contribution in [1.82, 2.24) is 9.38 Å². The lowest BCUT2D eigenvalue weighted by Gasteiger charge is -2.01. The number of nitrogens with zero attached hydrogens (tertiary/aromatic N) is 1. The summed E-state index contributed by atoms with van der Waals surface area (Å²) in [4.78, 5) is 28.4. The predicted molar refractivity (Wildman–Crippen MR) is 108 cm³/mol. The number of halogens is 1. The van der Waals surface area contributed by atoms with Gasteiger partial charge < -0.3 is 14.1 Å². The maximum Gasteiger partial charge on any atom is 0.379 e. The van der Waals surface area contributed by atoms with Crippen molar-refractivity contribution in [2.45, 2.75) is 0 Å². The molecular weight excluding hydrogens is 408 g/mol. The van der Waals surface area contributed by atoms with Crippen LogP contribution in [0.1, 0.15) is 10.4 Å². The fraction of sp³-hybridized carbons (Fsp3) is 0.0476. The number of hydrogen-bond acceptors (Lipinski definition) is 3. The van der Waals surface area contributed by atoms with Gasteiger partial charge in [0.05, 0.1) is 29.2 Å². The van der Waals surface area contributed by atoms with Crippen molar-refractivity contribution in [2.75, 3.05) is 7.11 Å². The van der Waals surface area contributed by atoms with Crippen LogP contribution in [-0.4, -0.2) is 28.2 Å². The van der Waals surface area contributed by atoms with Gasteiger partial charge in [-0.3, -0.25) is 4.79 Å². The molecule has 0 aliphatic heterocycles. The van der Waals surface area contributed by atoms with E-state index in [2.05, 4.69) is 20.9 Å². The lowest BCUT2D eigenvalue weighted by molar-refractivity contribution is -0.135. The highest BCUT2D eigenvalue weighted by atomic mass is 79.9. The Bertz CT molecular complexity index is 1410.